The maximum absolute atomic E-state index is 12.4. The number of carbonyl (C=O) groups is 3. The Balaban J connectivity index is 3.59. The summed E-state index contributed by atoms with van der Waals surface area (Å²) in [7, 11) is 0. The van der Waals surface area contributed by atoms with E-state index in [-0.39, 0.29) is 17.7 Å². The zero-order valence-electron chi connectivity index (χ0n) is 12.4. The number of hydrogen-bond acceptors (Lipinski definition) is 3. The number of halogens is 3. The molecule has 0 radical (unpaired) electrons. The van der Waals surface area contributed by atoms with Gasteiger partial charge in [-0.2, -0.15) is 0 Å². The molecular formula is C14H14I3N3O3. The van der Waals surface area contributed by atoms with Crippen LogP contribution in [0.5, 0.6) is 0 Å². The molecule has 0 heterocycles. The van der Waals surface area contributed by atoms with Crippen LogP contribution >= 0.6 is 67.8 Å². The van der Waals surface area contributed by atoms with Gasteiger partial charge >= 0.3 is 0 Å². The van der Waals surface area contributed by atoms with E-state index in [4.69, 9.17) is 0 Å². The van der Waals surface area contributed by atoms with Crippen molar-refractivity contribution in [1.82, 2.24) is 5.32 Å². The molecule has 0 saturated carbocycles. The number of carbonyl (C=O) groups excluding carboxylic acids is 3. The predicted molar refractivity (Wildman–Crippen MR) is 116 cm³/mol. The van der Waals surface area contributed by atoms with E-state index < -0.39 is 0 Å². The molecule has 0 bridgehead atoms. The molecule has 9 heteroatoms. The smallest absolute Gasteiger partial charge is 0.253 e. The topological polar surface area (TPSA) is 87.3 Å². The van der Waals surface area contributed by atoms with Crippen LogP contribution in [-0.2, 0) is 9.59 Å². The first-order valence-electron chi connectivity index (χ1n) is 6.35. The first kappa shape index (κ1) is 20.6. The lowest BCUT2D eigenvalue weighted by Crippen LogP contribution is -2.27. The summed E-state index contributed by atoms with van der Waals surface area (Å²) in [5.41, 5.74) is 1.42. The molecule has 124 valence electrons. The molecule has 0 aliphatic carbocycles. The Morgan fingerprint density at radius 3 is 1.74 bits per heavy atom. The molecule has 1 rings (SSSR count). The maximum atomic E-state index is 12.4. The lowest BCUT2D eigenvalue weighted by atomic mass is 10.1. The van der Waals surface area contributed by atoms with Crippen molar-refractivity contribution in [1.29, 1.82) is 0 Å². The minimum Gasteiger partial charge on any atom is -0.349 e. The summed E-state index contributed by atoms with van der Waals surface area (Å²) in [5, 5.41) is 8.17. The number of anilines is 2. The van der Waals surface area contributed by atoms with E-state index in [0.29, 0.717) is 34.2 Å². The van der Waals surface area contributed by atoms with Crippen molar-refractivity contribution in [2.75, 3.05) is 17.2 Å². The zero-order valence-corrected chi connectivity index (χ0v) is 18.8. The largest absolute Gasteiger partial charge is 0.349 e. The highest BCUT2D eigenvalue weighted by molar-refractivity contribution is 14.1. The Morgan fingerprint density at radius 1 is 0.957 bits per heavy atom. The molecule has 0 saturated heterocycles. The summed E-state index contributed by atoms with van der Waals surface area (Å²) in [6, 6.07) is 0. The van der Waals surface area contributed by atoms with Crippen molar-refractivity contribution in [2.24, 2.45) is 0 Å². The number of benzene rings is 1. The van der Waals surface area contributed by atoms with Gasteiger partial charge in [-0.1, -0.05) is 6.08 Å². The predicted octanol–water partition coefficient (Wildman–Crippen LogP) is 3.33. The van der Waals surface area contributed by atoms with Crippen molar-refractivity contribution in [2.45, 2.75) is 13.8 Å². The summed E-state index contributed by atoms with van der Waals surface area (Å²) in [5.74, 6) is -0.810. The van der Waals surface area contributed by atoms with E-state index in [1.165, 1.54) is 13.8 Å². The maximum Gasteiger partial charge on any atom is 0.253 e. The van der Waals surface area contributed by atoms with Crippen molar-refractivity contribution >= 4 is 96.9 Å². The van der Waals surface area contributed by atoms with Crippen LogP contribution in [0.25, 0.3) is 0 Å². The lowest BCUT2D eigenvalue weighted by Gasteiger charge is -2.19. The zero-order chi connectivity index (χ0) is 17.7. The quantitative estimate of drug-likeness (QED) is 0.337. The Kier molecular flexibility index (Phi) is 8.20. The number of hydrogen-bond donors (Lipinski definition) is 3. The van der Waals surface area contributed by atoms with Crippen LogP contribution < -0.4 is 16.0 Å². The van der Waals surface area contributed by atoms with E-state index in [1.807, 2.05) is 67.8 Å². The van der Waals surface area contributed by atoms with Gasteiger partial charge in [-0.25, -0.2) is 0 Å². The Morgan fingerprint density at radius 2 is 1.39 bits per heavy atom. The molecule has 3 amide bonds. The molecule has 0 aliphatic rings. The van der Waals surface area contributed by atoms with Crippen molar-refractivity contribution < 1.29 is 14.4 Å². The van der Waals surface area contributed by atoms with Gasteiger partial charge in [0, 0.05) is 20.4 Å². The number of nitrogens with one attached hydrogen (secondary N) is 3. The summed E-state index contributed by atoms with van der Waals surface area (Å²) in [6.07, 6.45) is 1.58. The van der Waals surface area contributed by atoms with Crippen molar-refractivity contribution in [3.63, 3.8) is 0 Å². The molecule has 1 aromatic carbocycles. The molecule has 0 unspecified atom stereocenters. The minimum atomic E-state index is -0.298. The summed E-state index contributed by atoms with van der Waals surface area (Å²) >= 11 is 6.08. The van der Waals surface area contributed by atoms with Crippen LogP contribution in [0.4, 0.5) is 11.4 Å². The van der Waals surface area contributed by atoms with Crippen LogP contribution in [0.3, 0.4) is 0 Å². The molecule has 0 spiro atoms. The average molecular weight is 653 g/mol. The van der Waals surface area contributed by atoms with E-state index in [0.717, 1.165) is 0 Å². The minimum absolute atomic E-state index is 0.256. The summed E-state index contributed by atoms with van der Waals surface area (Å²) in [4.78, 5) is 35.4. The molecule has 0 atom stereocenters. The fraction of sp³-hybridized carbons (Fsp3) is 0.214. The normalized spacial score (nSPS) is 9.96. The standard InChI is InChI=1S/C14H14I3N3O3/c1-4-5-18-14(23)8-9(15)12(19-6(2)21)11(17)13(10(8)16)20-7(3)22/h4H,1,5H2,2-3H3,(H,18,23)(H,19,21)(H,20,22). The lowest BCUT2D eigenvalue weighted by molar-refractivity contribution is -0.115. The highest BCUT2D eigenvalue weighted by Crippen LogP contribution is 2.38. The van der Waals surface area contributed by atoms with Crippen molar-refractivity contribution in [3.05, 3.63) is 28.9 Å². The Hall–Kier alpha value is -0.440. The molecule has 1 aromatic rings. The molecule has 6 nitrogen and oxygen atoms in total. The summed E-state index contributed by atoms with van der Waals surface area (Å²) < 4.78 is 1.89. The molecule has 3 N–H and O–H groups in total. The van der Waals surface area contributed by atoms with Gasteiger partial charge in [0.15, 0.2) is 0 Å². The van der Waals surface area contributed by atoms with Crippen LogP contribution in [-0.4, -0.2) is 24.3 Å². The van der Waals surface area contributed by atoms with Crippen LogP contribution in [0.2, 0.25) is 0 Å². The number of amides is 3. The first-order valence-corrected chi connectivity index (χ1v) is 9.59. The third kappa shape index (κ3) is 5.27. The highest BCUT2D eigenvalue weighted by atomic mass is 127. The molecule has 0 aromatic heterocycles. The van der Waals surface area contributed by atoms with E-state index in [1.54, 1.807) is 6.08 Å². The van der Waals surface area contributed by atoms with Crippen LogP contribution in [0, 0.1) is 10.7 Å². The van der Waals surface area contributed by atoms with E-state index >= 15 is 0 Å². The second-order valence-electron chi connectivity index (χ2n) is 4.43. The van der Waals surface area contributed by atoms with Gasteiger partial charge in [0.2, 0.25) is 11.8 Å². The molecular weight excluding hydrogens is 639 g/mol. The third-order valence-corrected chi connectivity index (χ3v) is 5.79. The molecule has 0 fully saturated rings. The average Bonchev–Trinajstić information content (AvgIpc) is 2.45. The van der Waals surface area contributed by atoms with Crippen LogP contribution in [0.15, 0.2) is 12.7 Å². The second kappa shape index (κ2) is 9.15. The van der Waals surface area contributed by atoms with Gasteiger partial charge in [-0.15, -0.1) is 6.58 Å². The van der Waals surface area contributed by atoms with Gasteiger partial charge < -0.3 is 16.0 Å². The van der Waals surface area contributed by atoms with Gasteiger partial charge in [0.05, 0.1) is 27.6 Å². The highest BCUT2D eigenvalue weighted by Gasteiger charge is 2.25. The molecule has 0 aliphatic heterocycles. The van der Waals surface area contributed by atoms with Gasteiger partial charge in [0.25, 0.3) is 5.91 Å². The first-order chi connectivity index (χ1) is 10.7. The summed E-state index contributed by atoms with van der Waals surface area (Å²) in [6.45, 7) is 6.66. The van der Waals surface area contributed by atoms with Crippen LogP contribution in [0.1, 0.15) is 24.2 Å². The van der Waals surface area contributed by atoms with Crippen molar-refractivity contribution in [3.8, 4) is 0 Å². The Labute approximate surface area is 175 Å². The monoisotopic (exact) mass is 653 g/mol. The Bertz CT molecular complexity index is 647. The third-order valence-electron chi connectivity index (χ3n) is 2.55. The van der Waals surface area contributed by atoms with E-state index in [2.05, 4.69) is 22.5 Å². The van der Waals surface area contributed by atoms with Gasteiger partial charge in [-0.3, -0.25) is 14.4 Å². The SMILES string of the molecule is C=CCNC(=O)c1c(I)c(NC(C)=O)c(I)c(NC(C)=O)c1I. The second-order valence-corrected chi connectivity index (χ2v) is 7.66. The van der Waals surface area contributed by atoms with E-state index in [9.17, 15) is 14.4 Å². The van der Waals surface area contributed by atoms with Gasteiger partial charge in [-0.05, 0) is 67.8 Å². The molecule has 23 heavy (non-hydrogen) atoms. The number of rotatable bonds is 5. The fourth-order valence-corrected chi connectivity index (χ4v) is 5.88. The fourth-order valence-electron chi connectivity index (χ4n) is 1.69. The van der Waals surface area contributed by atoms with Gasteiger partial charge in [0.1, 0.15) is 0 Å².